The number of aryl methyl sites for hydroxylation is 1. The maximum Gasteiger partial charge on any atom is 0.349 e. The lowest BCUT2D eigenvalue weighted by Gasteiger charge is -2.01. The third-order valence-electron chi connectivity index (χ3n) is 2.63. The van der Waals surface area contributed by atoms with Crippen molar-refractivity contribution in [1.29, 1.82) is 0 Å². The molecule has 0 bridgehead atoms. The van der Waals surface area contributed by atoms with Gasteiger partial charge in [0.1, 0.15) is 5.75 Å². The topological polar surface area (TPSA) is 85.5 Å². The van der Waals surface area contributed by atoms with Crippen LogP contribution in [-0.2, 0) is 13.0 Å². The first kappa shape index (κ1) is 14.5. The van der Waals surface area contributed by atoms with Gasteiger partial charge in [0.25, 0.3) is 0 Å². The van der Waals surface area contributed by atoms with Crippen LogP contribution in [0.1, 0.15) is 53.0 Å². The summed E-state index contributed by atoms with van der Waals surface area (Å²) in [6.45, 7) is 5.96. The van der Waals surface area contributed by atoms with Crippen molar-refractivity contribution in [2.24, 2.45) is 0 Å². The first-order chi connectivity index (χ1) is 9.51. The first-order valence-electron chi connectivity index (χ1n) is 6.32. The minimum atomic E-state index is -0.985. The van der Waals surface area contributed by atoms with Gasteiger partial charge in [-0.05, 0) is 12.5 Å². The third kappa shape index (κ3) is 3.16. The van der Waals surface area contributed by atoms with Crippen LogP contribution in [0.25, 0.3) is 0 Å². The Bertz CT molecular complexity index is 603. The number of ether oxygens (including phenoxy) is 1. The Hall–Kier alpha value is -1.89. The maximum absolute atomic E-state index is 11.1. The van der Waals surface area contributed by atoms with E-state index in [1.165, 1.54) is 11.3 Å². The van der Waals surface area contributed by atoms with Crippen LogP contribution in [0, 0.1) is 0 Å². The monoisotopic (exact) mass is 296 g/mol. The highest BCUT2D eigenvalue weighted by Crippen LogP contribution is 2.30. The number of carboxylic acids is 1. The van der Waals surface area contributed by atoms with E-state index in [2.05, 4.69) is 10.1 Å². The van der Waals surface area contributed by atoms with E-state index in [9.17, 15) is 4.79 Å². The highest BCUT2D eigenvalue weighted by Gasteiger charge is 2.17. The second kappa shape index (κ2) is 6.04. The number of rotatable bonds is 6. The predicted octanol–water partition coefficient (Wildman–Crippen LogP) is 3.09. The number of nitrogens with zero attached hydrogens (tertiary/aromatic N) is 2. The zero-order valence-electron chi connectivity index (χ0n) is 11.5. The van der Waals surface area contributed by atoms with Gasteiger partial charge in [0, 0.05) is 10.8 Å². The van der Waals surface area contributed by atoms with E-state index in [1.54, 1.807) is 6.07 Å². The molecule has 0 saturated carbocycles. The Balaban J connectivity index is 2.09. The molecule has 0 aromatic carbocycles. The molecule has 0 atom stereocenters. The Labute approximate surface area is 120 Å². The van der Waals surface area contributed by atoms with Crippen LogP contribution in [0.5, 0.6) is 5.75 Å². The van der Waals surface area contributed by atoms with Crippen molar-refractivity contribution in [1.82, 2.24) is 10.1 Å². The molecule has 0 aliphatic rings. The number of hydrogen-bond acceptors (Lipinski definition) is 6. The Morgan fingerprint density at radius 2 is 2.30 bits per heavy atom. The number of hydrogen-bond donors (Lipinski definition) is 1. The summed E-state index contributed by atoms with van der Waals surface area (Å²) in [4.78, 5) is 16.5. The molecule has 0 radical (unpaired) electrons. The molecule has 6 nitrogen and oxygen atoms in total. The fraction of sp³-hybridized carbons (Fsp3) is 0.462. The summed E-state index contributed by atoms with van der Waals surface area (Å²) >= 11 is 1.22. The van der Waals surface area contributed by atoms with Crippen molar-refractivity contribution in [2.45, 2.75) is 39.7 Å². The molecule has 2 aromatic heterocycles. The molecule has 1 N–H and O–H groups in total. The van der Waals surface area contributed by atoms with Crippen molar-refractivity contribution in [3.05, 3.63) is 27.5 Å². The summed E-state index contributed by atoms with van der Waals surface area (Å²) in [5.41, 5.74) is 0. The fourth-order valence-electron chi connectivity index (χ4n) is 1.56. The number of aromatic carboxylic acids is 1. The maximum atomic E-state index is 11.1. The Morgan fingerprint density at radius 3 is 2.85 bits per heavy atom. The summed E-state index contributed by atoms with van der Waals surface area (Å²) in [5.74, 6) is 0.477. The van der Waals surface area contributed by atoms with Gasteiger partial charge < -0.3 is 14.4 Å². The van der Waals surface area contributed by atoms with Gasteiger partial charge in [0.05, 0.1) is 0 Å². The van der Waals surface area contributed by atoms with Crippen LogP contribution in [0.15, 0.2) is 10.6 Å². The van der Waals surface area contributed by atoms with E-state index in [4.69, 9.17) is 14.4 Å². The van der Waals surface area contributed by atoms with E-state index in [-0.39, 0.29) is 17.4 Å². The molecule has 0 unspecified atom stereocenters. The molecule has 2 rings (SSSR count). The van der Waals surface area contributed by atoms with Crippen LogP contribution in [0.4, 0.5) is 0 Å². The van der Waals surface area contributed by atoms with E-state index >= 15 is 0 Å². The van der Waals surface area contributed by atoms with Gasteiger partial charge in [0.2, 0.25) is 11.7 Å². The van der Waals surface area contributed by atoms with Crippen LogP contribution in [-0.4, -0.2) is 21.2 Å². The summed E-state index contributed by atoms with van der Waals surface area (Å²) < 4.78 is 10.6. The average Bonchev–Trinajstić information content (AvgIpc) is 3.03. The molecule has 0 aliphatic heterocycles. The lowest BCUT2D eigenvalue weighted by atomic mass is 10.2. The summed E-state index contributed by atoms with van der Waals surface area (Å²) in [6.07, 6.45) is 0.772. The molecular formula is C13H16N2O4S. The molecule has 20 heavy (non-hydrogen) atoms. The average molecular weight is 296 g/mol. The number of aromatic nitrogens is 2. The lowest BCUT2D eigenvalue weighted by molar-refractivity contribution is 0.0697. The third-order valence-corrected chi connectivity index (χ3v) is 3.87. The number of thiophene rings is 1. The van der Waals surface area contributed by atoms with Crippen LogP contribution in [0.3, 0.4) is 0 Å². The minimum Gasteiger partial charge on any atom is -0.484 e. The molecule has 2 heterocycles. The van der Waals surface area contributed by atoms with Crippen molar-refractivity contribution < 1.29 is 19.2 Å². The molecule has 0 spiro atoms. The highest BCUT2D eigenvalue weighted by molar-refractivity contribution is 7.14. The van der Waals surface area contributed by atoms with Gasteiger partial charge in [0.15, 0.2) is 11.5 Å². The molecule has 7 heteroatoms. The summed E-state index contributed by atoms with van der Waals surface area (Å²) in [6, 6.07) is 1.75. The molecule has 0 saturated heterocycles. The Kier molecular flexibility index (Phi) is 4.39. The largest absolute Gasteiger partial charge is 0.484 e. The molecule has 108 valence electrons. The van der Waals surface area contributed by atoms with Gasteiger partial charge in [-0.2, -0.15) is 4.98 Å². The first-order valence-corrected chi connectivity index (χ1v) is 7.14. The summed E-state index contributed by atoms with van der Waals surface area (Å²) in [5, 5.41) is 12.9. The zero-order chi connectivity index (χ0) is 14.7. The minimum absolute atomic E-state index is 0.0936. The Morgan fingerprint density at radius 1 is 1.55 bits per heavy atom. The standard InChI is InChI=1S/C13H16N2O4S/c1-4-8-5-9(11(20-8)13(16)17)18-6-10-14-12(7(2)3)19-15-10/h5,7H,4,6H2,1-3H3,(H,16,17). The predicted molar refractivity (Wildman–Crippen MR) is 73.4 cm³/mol. The molecule has 0 fully saturated rings. The van der Waals surface area contributed by atoms with E-state index in [1.807, 2.05) is 20.8 Å². The molecule has 0 aliphatic carbocycles. The molecule has 2 aromatic rings. The molecular weight excluding hydrogens is 280 g/mol. The fourth-order valence-corrected chi connectivity index (χ4v) is 2.43. The normalized spacial score (nSPS) is 11.0. The van der Waals surface area contributed by atoms with Gasteiger partial charge >= 0.3 is 5.97 Å². The van der Waals surface area contributed by atoms with E-state index < -0.39 is 5.97 Å². The highest BCUT2D eigenvalue weighted by atomic mass is 32.1. The lowest BCUT2D eigenvalue weighted by Crippen LogP contribution is -2.01. The van der Waals surface area contributed by atoms with Gasteiger partial charge in [-0.25, -0.2) is 4.79 Å². The zero-order valence-corrected chi connectivity index (χ0v) is 12.4. The van der Waals surface area contributed by atoms with Crippen LogP contribution < -0.4 is 4.74 Å². The second-order valence-corrected chi connectivity index (χ2v) is 5.69. The smallest absolute Gasteiger partial charge is 0.349 e. The quantitative estimate of drug-likeness (QED) is 0.881. The number of carbonyl (C=O) groups is 1. The number of carboxylic acid groups (broad SMARTS) is 1. The van der Waals surface area contributed by atoms with Crippen molar-refractivity contribution in [3.63, 3.8) is 0 Å². The van der Waals surface area contributed by atoms with Crippen molar-refractivity contribution >= 4 is 17.3 Å². The summed E-state index contributed by atoms with van der Waals surface area (Å²) in [7, 11) is 0. The SMILES string of the molecule is CCc1cc(OCc2noc(C(C)C)n2)c(C(=O)O)s1. The van der Waals surface area contributed by atoms with Crippen molar-refractivity contribution in [2.75, 3.05) is 0 Å². The molecule has 0 amide bonds. The van der Waals surface area contributed by atoms with E-state index in [0.717, 1.165) is 11.3 Å². The van der Waals surface area contributed by atoms with Gasteiger partial charge in [-0.15, -0.1) is 11.3 Å². The van der Waals surface area contributed by atoms with E-state index in [0.29, 0.717) is 17.5 Å². The second-order valence-electron chi connectivity index (χ2n) is 4.56. The van der Waals surface area contributed by atoms with Crippen LogP contribution >= 0.6 is 11.3 Å². The van der Waals surface area contributed by atoms with Gasteiger partial charge in [-0.1, -0.05) is 25.9 Å². The van der Waals surface area contributed by atoms with Crippen LogP contribution in [0.2, 0.25) is 0 Å². The van der Waals surface area contributed by atoms with Crippen molar-refractivity contribution in [3.8, 4) is 5.75 Å². The van der Waals surface area contributed by atoms with Gasteiger partial charge in [-0.3, -0.25) is 0 Å².